The van der Waals surface area contributed by atoms with E-state index in [9.17, 15) is 13.5 Å². The number of nitrogens with two attached hydrogens (primary N) is 1. The van der Waals surface area contributed by atoms with E-state index in [0.29, 0.717) is 17.0 Å². The number of anilines is 1. The molecule has 144 valence electrons. The molecule has 1 aromatic carbocycles. The molecule has 9 heteroatoms. The maximum absolute atomic E-state index is 12.8. The van der Waals surface area contributed by atoms with Crippen LogP contribution in [0.4, 0.5) is 5.82 Å². The number of aliphatic hydroxyl groups is 1. The van der Waals surface area contributed by atoms with Gasteiger partial charge in [0.2, 0.25) is 10.0 Å². The van der Waals surface area contributed by atoms with Crippen LogP contribution < -0.4 is 10.5 Å². The molecule has 0 unspecified atom stereocenters. The second kappa shape index (κ2) is 6.59. The van der Waals surface area contributed by atoms with Crippen molar-refractivity contribution in [1.82, 2.24) is 19.1 Å². The molecule has 0 saturated carbocycles. The molecular weight excluding hydrogens is 366 g/mol. The van der Waals surface area contributed by atoms with E-state index in [0.717, 1.165) is 16.8 Å². The van der Waals surface area contributed by atoms with Gasteiger partial charge in [-0.15, -0.1) is 0 Å². The lowest BCUT2D eigenvalue weighted by atomic mass is 10.0. The van der Waals surface area contributed by atoms with Gasteiger partial charge in [0.05, 0.1) is 22.4 Å². The van der Waals surface area contributed by atoms with Crippen LogP contribution >= 0.6 is 0 Å². The molecule has 2 heterocycles. The number of hydrogen-bond acceptors (Lipinski definition) is 6. The fourth-order valence-corrected chi connectivity index (χ4v) is 4.34. The lowest BCUT2D eigenvalue weighted by Gasteiger charge is -2.19. The van der Waals surface area contributed by atoms with Crippen molar-refractivity contribution in [3.8, 4) is 11.3 Å². The third-order valence-electron chi connectivity index (χ3n) is 4.24. The van der Waals surface area contributed by atoms with Crippen molar-refractivity contribution in [2.24, 2.45) is 0 Å². The lowest BCUT2D eigenvalue weighted by molar-refractivity contribution is 0.0857. The molecule has 0 atom stereocenters. The van der Waals surface area contributed by atoms with Crippen LogP contribution in [0, 0.1) is 13.8 Å². The Morgan fingerprint density at radius 2 is 1.93 bits per heavy atom. The summed E-state index contributed by atoms with van der Waals surface area (Å²) in [5.41, 5.74) is 8.20. The van der Waals surface area contributed by atoms with Gasteiger partial charge in [-0.05, 0) is 44.9 Å². The molecule has 3 aromatic rings. The molecule has 4 N–H and O–H groups in total. The smallest absolute Gasteiger partial charge is 0.240 e. The second-order valence-corrected chi connectivity index (χ2v) is 8.95. The average Bonchev–Trinajstić information content (AvgIpc) is 2.98. The molecule has 0 saturated heterocycles. The first-order valence-electron chi connectivity index (χ1n) is 8.41. The molecule has 0 spiro atoms. The standard InChI is InChI=1S/C18H23N5O3S/c1-11-7-12(2)15(27(25,26)22-10-18(3,4)24)8-13(11)14-9-21-17-16(19)20-5-6-23(14)17/h5-9,22,24H,10H2,1-4H3,(H2,19,20). The van der Waals surface area contributed by atoms with Crippen molar-refractivity contribution in [2.45, 2.75) is 38.2 Å². The van der Waals surface area contributed by atoms with Gasteiger partial charge in [-0.2, -0.15) is 0 Å². The fourth-order valence-electron chi connectivity index (χ4n) is 2.89. The quantitative estimate of drug-likeness (QED) is 0.610. The van der Waals surface area contributed by atoms with Crippen LogP contribution in [0.2, 0.25) is 0 Å². The van der Waals surface area contributed by atoms with E-state index in [-0.39, 0.29) is 11.4 Å². The van der Waals surface area contributed by atoms with Crippen LogP contribution in [0.1, 0.15) is 25.0 Å². The van der Waals surface area contributed by atoms with E-state index < -0.39 is 15.6 Å². The summed E-state index contributed by atoms with van der Waals surface area (Å²) >= 11 is 0. The Bertz CT molecular complexity index is 1110. The maximum atomic E-state index is 12.8. The number of hydrogen-bond donors (Lipinski definition) is 3. The summed E-state index contributed by atoms with van der Waals surface area (Å²) in [4.78, 5) is 8.47. The van der Waals surface area contributed by atoms with E-state index in [4.69, 9.17) is 5.73 Å². The third kappa shape index (κ3) is 3.80. The van der Waals surface area contributed by atoms with Gasteiger partial charge in [-0.25, -0.2) is 23.1 Å². The van der Waals surface area contributed by atoms with Crippen molar-refractivity contribution >= 4 is 21.5 Å². The van der Waals surface area contributed by atoms with Crippen LogP contribution in [0.5, 0.6) is 0 Å². The number of nitrogens with zero attached hydrogens (tertiary/aromatic N) is 3. The largest absolute Gasteiger partial charge is 0.389 e. The predicted molar refractivity (Wildman–Crippen MR) is 104 cm³/mol. The number of benzene rings is 1. The first kappa shape index (κ1) is 19.3. The van der Waals surface area contributed by atoms with E-state index in [1.165, 1.54) is 0 Å². The molecule has 0 aliphatic rings. The molecule has 8 nitrogen and oxygen atoms in total. The van der Waals surface area contributed by atoms with Crippen molar-refractivity contribution in [1.29, 1.82) is 0 Å². The van der Waals surface area contributed by atoms with E-state index in [1.807, 2.05) is 13.0 Å². The maximum Gasteiger partial charge on any atom is 0.240 e. The molecule has 0 fully saturated rings. The van der Waals surface area contributed by atoms with Crippen LogP contribution in [0.3, 0.4) is 0 Å². The van der Waals surface area contributed by atoms with Crippen LogP contribution in [0.15, 0.2) is 35.6 Å². The van der Waals surface area contributed by atoms with Gasteiger partial charge in [-0.3, -0.25) is 4.40 Å². The highest BCUT2D eigenvalue weighted by atomic mass is 32.2. The molecule has 0 aliphatic carbocycles. The summed E-state index contributed by atoms with van der Waals surface area (Å²) in [6.07, 6.45) is 4.94. The summed E-state index contributed by atoms with van der Waals surface area (Å²) in [6, 6.07) is 3.44. The monoisotopic (exact) mass is 389 g/mol. The van der Waals surface area contributed by atoms with Crippen molar-refractivity contribution < 1.29 is 13.5 Å². The van der Waals surface area contributed by atoms with Gasteiger partial charge in [0.1, 0.15) is 0 Å². The minimum absolute atomic E-state index is 0.0875. The van der Waals surface area contributed by atoms with Crippen molar-refractivity contribution in [3.05, 3.63) is 41.9 Å². The number of aromatic nitrogens is 3. The SMILES string of the molecule is Cc1cc(C)c(S(=O)(=O)NCC(C)(C)O)cc1-c1cnc2c(N)nccn12. The van der Waals surface area contributed by atoms with Crippen LogP contribution in [0.25, 0.3) is 16.9 Å². The fraction of sp³-hybridized carbons (Fsp3) is 0.333. The zero-order valence-corrected chi connectivity index (χ0v) is 16.5. The predicted octanol–water partition coefficient (Wildman–Crippen LogP) is 1.64. The number of aryl methyl sites for hydroxylation is 2. The minimum atomic E-state index is -3.79. The highest BCUT2D eigenvalue weighted by molar-refractivity contribution is 7.89. The van der Waals surface area contributed by atoms with Gasteiger partial charge in [0.15, 0.2) is 11.5 Å². The normalized spacial score (nSPS) is 12.6. The van der Waals surface area contributed by atoms with Gasteiger partial charge >= 0.3 is 0 Å². The Labute approximate surface area is 158 Å². The van der Waals surface area contributed by atoms with Gasteiger partial charge in [0, 0.05) is 24.5 Å². The molecule has 2 aromatic heterocycles. The Kier molecular flexibility index (Phi) is 4.71. The number of nitrogen functional groups attached to an aromatic ring is 1. The van der Waals surface area contributed by atoms with Crippen molar-refractivity contribution in [2.75, 3.05) is 12.3 Å². The summed E-state index contributed by atoms with van der Waals surface area (Å²) in [5, 5.41) is 9.83. The average molecular weight is 389 g/mol. The van der Waals surface area contributed by atoms with Crippen LogP contribution in [-0.2, 0) is 10.0 Å². The van der Waals surface area contributed by atoms with Gasteiger partial charge in [-0.1, -0.05) is 6.07 Å². The van der Waals surface area contributed by atoms with E-state index >= 15 is 0 Å². The van der Waals surface area contributed by atoms with Crippen molar-refractivity contribution in [3.63, 3.8) is 0 Å². The Hall–Kier alpha value is -2.49. The molecular formula is C18H23N5O3S. The van der Waals surface area contributed by atoms with E-state index in [1.54, 1.807) is 49.8 Å². The molecule has 0 radical (unpaired) electrons. The zero-order valence-electron chi connectivity index (χ0n) is 15.7. The summed E-state index contributed by atoms with van der Waals surface area (Å²) in [5.74, 6) is 0.299. The summed E-state index contributed by atoms with van der Waals surface area (Å²) < 4.78 is 29.8. The van der Waals surface area contributed by atoms with Crippen LogP contribution in [-0.4, -0.2) is 40.0 Å². The summed E-state index contributed by atoms with van der Waals surface area (Å²) in [6.45, 7) is 6.65. The topological polar surface area (TPSA) is 123 Å². The molecule has 0 aliphatic heterocycles. The molecule has 3 rings (SSSR count). The third-order valence-corrected chi connectivity index (χ3v) is 5.78. The van der Waals surface area contributed by atoms with E-state index in [2.05, 4.69) is 14.7 Å². The van der Waals surface area contributed by atoms with Gasteiger partial charge in [0.25, 0.3) is 0 Å². The highest BCUT2D eigenvalue weighted by Gasteiger charge is 2.23. The minimum Gasteiger partial charge on any atom is -0.389 e. The Morgan fingerprint density at radius 3 is 2.59 bits per heavy atom. The molecule has 0 bridgehead atoms. The molecule has 0 amide bonds. The highest BCUT2D eigenvalue weighted by Crippen LogP contribution is 2.30. The van der Waals surface area contributed by atoms with Gasteiger partial charge < -0.3 is 10.8 Å². The first-order valence-corrected chi connectivity index (χ1v) is 9.89. The number of fused-ring (bicyclic) bond motifs is 1. The molecule has 27 heavy (non-hydrogen) atoms. The first-order chi connectivity index (χ1) is 12.5. The second-order valence-electron chi connectivity index (χ2n) is 7.22. The zero-order chi connectivity index (χ0) is 20.0. The Balaban J connectivity index is 2.13. The number of nitrogens with one attached hydrogen (secondary N) is 1. The number of imidazole rings is 1. The lowest BCUT2D eigenvalue weighted by Crippen LogP contribution is -2.38. The Morgan fingerprint density at radius 1 is 1.22 bits per heavy atom. The summed E-state index contributed by atoms with van der Waals surface area (Å²) in [7, 11) is -3.79. The number of sulfonamides is 1. The number of rotatable bonds is 5.